The zero-order valence-corrected chi connectivity index (χ0v) is 16.1. The van der Waals surface area contributed by atoms with E-state index in [0.29, 0.717) is 29.6 Å². The molecule has 5 nitrogen and oxygen atoms in total. The third kappa shape index (κ3) is 6.54. The van der Waals surface area contributed by atoms with Crippen LogP contribution in [0.1, 0.15) is 29.8 Å². The van der Waals surface area contributed by atoms with Gasteiger partial charge in [-0.15, -0.1) is 0 Å². The summed E-state index contributed by atoms with van der Waals surface area (Å²) in [5.41, 5.74) is 0.862. The van der Waals surface area contributed by atoms with Crippen LogP contribution in [-0.4, -0.2) is 32.1 Å². The molecule has 0 aromatic heterocycles. The van der Waals surface area contributed by atoms with Gasteiger partial charge in [0.25, 0.3) is 0 Å². The Balaban J connectivity index is 1.93. The maximum atomic E-state index is 13.1. The van der Waals surface area contributed by atoms with Crippen molar-refractivity contribution >= 4 is 17.8 Å². The summed E-state index contributed by atoms with van der Waals surface area (Å²) >= 11 is 0. The lowest BCUT2D eigenvalue weighted by atomic mass is 10.1. The second kappa shape index (κ2) is 10.3. The van der Waals surface area contributed by atoms with E-state index < -0.39 is 24.2 Å². The largest absolute Gasteiger partial charge is 0.493 e. The molecule has 0 saturated carbocycles. The van der Waals surface area contributed by atoms with Gasteiger partial charge in [-0.3, -0.25) is 4.79 Å². The highest BCUT2D eigenvalue weighted by Crippen LogP contribution is 2.29. The Morgan fingerprint density at radius 2 is 1.89 bits per heavy atom. The van der Waals surface area contributed by atoms with E-state index in [-0.39, 0.29) is 5.56 Å². The smallest absolute Gasteiger partial charge is 0.331 e. The Kier molecular flexibility index (Phi) is 7.75. The highest BCUT2D eigenvalue weighted by molar-refractivity contribution is 5.98. The molecule has 2 aromatic rings. The summed E-state index contributed by atoms with van der Waals surface area (Å²) in [6.07, 6.45) is 2.76. The molecule has 0 atom stereocenters. The van der Waals surface area contributed by atoms with E-state index in [4.69, 9.17) is 14.2 Å². The van der Waals surface area contributed by atoms with Gasteiger partial charge >= 0.3 is 5.97 Å². The molecule has 0 amide bonds. The van der Waals surface area contributed by atoms with Crippen molar-refractivity contribution in [1.29, 1.82) is 0 Å². The van der Waals surface area contributed by atoms with Crippen molar-refractivity contribution in [1.82, 2.24) is 0 Å². The number of halogens is 1. The Morgan fingerprint density at radius 1 is 1.11 bits per heavy atom. The number of ether oxygens (including phenoxy) is 3. The van der Waals surface area contributed by atoms with Gasteiger partial charge in [0.1, 0.15) is 5.82 Å². The maximum absolute atomic E-state index is 13.1. The van der Waals surface area contributed by atoms with Crippen molar-refractivity contribution in [2.24, 2.45) is 5.92 Å². The van der Waals surface area contributed by atoms with E-state index in [0.717, 1.165) is 6.07 Å². The van der Waals surface area contributed by atoms with Gasteiger partial charge in [-0.05, 0) is 41.8 Å². The van der Waals surface area contributed by atoms with Crippen molar-refractivity contribution in [3.05, 3.63) is 65.5 Å². The predicted molar refractivity (Wildman–Crippen MR) is 104 cm³/mol. The van der Waals surface area contributed by atoms with Crippen LogP contribution in [0.2, 0.25) is 0 Å². The number of Topliss-reactive ketones (excluding diaryl/α,β-unsaturated/α-hetero) is 1. The summed E-state index contributed by atoms with van der Waals surface area (Å²) in [6, 6.07) is 10.5. The molecule has 0 unspecified atom stereocenters. The Morgan fingerprint density at radius 3 is 2.57 bits per heavy atom. The summed E-state index contributed by atoms with van der Waals surface area (Å²) in [4.78, 5) is 23.7. The third-order valence-electron chi connectivity index (χ3n) is 3.66. The summed E-state index contributed by atoms with van der Waals surface area (Å²) in [5.74, 6) is -0.117. The minimum absolute atomic E-state index is 0.151. The lowest BCUT2D eigenvalue weighted by Gasteiger charge is -2.12. The van der Waals surface area contributed by atoms with Crippen molar-refractivity contribution in [3.63, 3.8) is 0 Å². The SMILES string of the molecule is COc1cc(/C=C/C(=O)OCC(=O)c2cccc(F)c2)ccc1OCC(C)C. The molecular formula is C22H23FO5. The van der Waals surface area contributed by atoms with Crippen LogP contribution >= 0.6 is 0 Å². The van der Waals surface area contributed by atoms with Gasteiger partial charge in [0.05, 0.1) is 13.7 Å². The number of hydrogen-bond acceptors (Lipinski definition) is 5. The average Bonchev–Trinajstić information content (AvgIpc) is 2.68. The topological polar surface area (TPSA) is 61.8 Å². The lowest BCUT2D eigenvalue weighted by Crippen LogP contribution is -2.12. The Hall–Kier alpha value is -3.15. The molecule has 0 saturated heterocycles. The van der Waals surface area contributed by atoms with Crippen LogP contribution in [-0.2, 0) is 9.53 Å². The minimum Gasteiger partial charge on any atom is -0.493 e. The third-order valence-corrected chi connectivity index (χ3v) is 3.66. The standard InChI is InChI=1S/C22H23FO5/c1-15(2)13-27-20-9-7-16(11-21(20)26-3)8-10-22(25)28-14-19(24)17-5-4-6-18(23)12-17/h4-12,15H,13-14H2,1-3H3/b10-8+. The van der Waals surface area contributed by atoms with Gasteiger partial charge in [-0.25, -0.2) is 9.18 Å². The lowest BCUT2D eigenvalue weighted by molar-refractivity contribution is -0.136. The van der Waals surface area contributed by atoms with Crippen molar-refractivity contribution in [2.45, 2.75) is 13.8 Å². The van der Waals surface area contributed by atoms with Crippen LogP contribution in [0.4, 0.5) is 4.39 Å². The number of carbonyl (C=O) groups excluding carboxylic acids is 2. The van der Waals surface area contributed by atoms with E-state index in [2.05, 4.69) is 0 Å². The monoisotopic (exact) mass is 386 g/mol. The Labute approximate surface area is 163 Å². The predicted octanol–water partition coefficient (Wildman–Crippen LogP) is 4.31. The van der Waals surface area contributed by atoms with E-state index in [1.54, 1.807) is 24.3 Å². The van der Waals surface area contributed by atoms with Gasteiger partial charge in [0, 0.05) is 11.6 Å². The highest BCUT2D eigenvalue weighted by atomic mass is 19.1. The van der Waals surface area contributed by atoms with Gasteiger partial charge in [0.2, 0.25) is 0 Å². The van der Waals surface area contributed by atoms with Crippen LogP contribution in [0, 0.1) is 11.7 Å². The first-order chi connectivity index (χ1) is 13.4. The average molecular weight is 386 g/mol. The number of methoxy groups -OCH3 is 1. The molecule has 148 valence electrons. The molecular weight excluding hydrogens is 363 g/mol. The van der Waals surface area contributed by atoms with Gasteiger partial charge in [-0.2, -0.15) is 0 Å². The van der Waals surface area contributed by atoms with Crippen LogP contribution in [0.25, 0.3) is 6.08 Å². The van der Waals surface area contributed by atoms with E-state index >= 15 is 0 Å². The second-order valence-electron chi connectivity index (χ2n) is 6.49. The molecule has 0 fully saturated rings. The summed E-state index contributed by atoms with van der Waals surface area (Å²) < 4.78 is 29.0. The fourth-order valence-electron chi connectivity index (χ4n) is 2.26. The summed E-state index contributed by atoms with van der Waals surface area (Å²) in [7, 11) is 1.54. The molecule has 0 aliphatic rings. The van der Waals surface area contributed by atoms with E-state index in [1.165, 1.54) is 31.4 Å². The number of esters is 1. The number of benzene rings is 2. The van der Waals surface area contributed by atoms with Crippen LogP contribution in [0.15, 0.2) is 48.5 Å². The molecule has 2 aromatic carbocycles. The number of hydrogen-bond donors (Lipinski definition) is 0. The highest BCUT2D eigenvalue weighted by Gasteiger charge is 2.10. The second-order valence-corrected chi connectivity index (χ2v) is 6.49. The molecule has 0 spiro atoms. The zero-order chi connectivity index (χ0) is 20.5. The molecule has 0 radical (unpaired) electrons. The first-order valence-electron chi connectivity index (χ1n) is 8.83. The van der Waals surface area contributed by atoms with E-state index in [9.17, 15) is 14.0 Å². The Bertz CT molecular complexity index is 858. The first-order valence-corrected chi connectivity index (χ1v) is 8.83. The zero-order valence-electron chi connectivity index (χ0n) is 16.1. The summed E-state index contributed by atoms with van der Waals surface area (Å²) in [6.45, 7) is 4.21. The van der Waals surface area contributed by atoms with E-state index in [1.807, 2.05) is 13.8 Å². The molecule has 0 heterocycles. The van der Waals surface area contributed by atoms with Crippen LogP contribution < -0.4 is 9.47 Å². The fourth-order valence-corrected chi connectivity index (χ4v) is 2.26. The molecule has 0 aliphatic carbocycles. The van der Waals surface area contributed by atoms with Gasteiger partial charge in [-0.1, -0.05) is 32.0 Å². The van der Waals surface area contributed by atoms with Gasteiger partial charge < -0.3 is 14.2 Å². The van der Waals surface area contributed by atoms with Gasteiger partial charge in [0.15, 0.2) is 23.9 Å². The van der Waals surface area contributed by atoms with Crippen molar-refractivity contribution in [2.75, 3.05) is 20.3 Å². The fraction of sp³-hybridized carbons (Fsp3) is 0.273. The molecule has 28 heavy (non-hydrogen) atoms. The van der Waals surface area contributed by atoms with Crippen LogP contribution in [0.5, 0.6) is 11.5 Å². The molecule has 0 N–H and O–H groups in total. The normalized spacial score (nSPS) is 10.9. The number of carbonyl (C=O) groups is 2. The number of rotatable bonds is 9. The number of ketones is 1. The quantitative estimate of drug-likeness (QED) is 0.365. The molecule has 0 aliphatic heterocycles. The van der Waals surface area contributed by atoms with Crippen LogP contribution in [0.3, 0.4) is 0 Å². The first kappa shape index (κ1) is 21.2. The van der Waals surface area contributed by atoms with Crippen molar-refractivity contribution in [3.8, 4) is 11.5 Å². The minimum atomic E-state index is -0.677. The van der Waals surface area contributed by atoms with Crippen molar-refractivity contribution < 1.29 is 28.2 Å². The summed E-state index contributed by atoms with van der Waals surface area (Å²) in [5, 5.41) is 0. The molecule has 0 bridgehead atoms. The maximum Gasteiger partial charge on any atom is 0.331 e. The molecule has 2 rings (SSSR count). The molecule has 6 heteroatoms.